The number of nitrogens with zero attached hydrogens (tertiary/aromatic N) is 1. The lowest BCUT2D eigenvalue weighted by atomic mass is 9.84. The molecule has 0 saturated heterocycles. The van der Waals surface area contributed by atoms with Gasteiger partial charge >= 0.3 is 0 Å². The van der Waals surface area contributed by atoms with E-state index in [2.05, 4.69) is 15.6 Å². The van der Waals surface area contributed by atoms with Crippen LogP contribution in [0.4, 0.5) is 4.39 Å². The van der Waals surface area contributed by atoms with E-state index in [4.69, 9.17) is 0 Å². The molecule has 0 aliphatic heterocycles. The lowest BCUT2D eigenvalue weighted by Crippen LogP contribution is -2.49. The zero-order valence-corrected chi connectivity index (χ0v) is 16.1. The molecule has 0 spiro atoms. The van der Waals surface area contributed by atoms with Gasteiger partial charge in [0.2, 0.25) is 0 Å². The number of benzene rings is 1. The first-order valence-corrected chi connectivity index (χ1v) is 9.68. The fraction of sp³-hybridized carbons (Fsp3) is 0.588. The summed E-state index contributed by atoms with van der Waals surface area (Å²) in [6, 6.07) is 6.51. The molecular weight excluding hydrogens is 329 g/mol. The molecule has 1 aromatic rings. The molecule has 0 aliphatic rings. The third-order valence-electron chi connectivity index (χ3n) is 4.21. The summed E-state index contributed by atoms with van der Waals surface area (Å²) < 4.78 is 36.0. The maximum atomic E-state index is 13.4. The summed E-state index contributed by atoms with van der Waals surface area (Å²) in [6.07, 6.45) is 1.22. The lowest BCUT2D eigenvalue weighted by molar-refractivity contribution is 0.500. The van der Waals surface area contributed by atoms with Crippen molar-refractivity contribution in [3.05, 3.63) is 35.6 Å². The molecule has 0 fully saturated rings. The van der Waals surface area contributed by atoms with Crippen LogP contribution in [0.3, 0.4) is 0 Å². The van der Waals surface area contributed by atoms with E-state index >= 15 is 0 Å². The first kappa shape index (κ1) is 20.4. The second-order valence-electron chi connectivity index (χ2n) is 7.21. The van der Waals surface area contributed by atoms with Crippen molar-refractivity contribution < 1.29 is 12.8 Å². The number of hydrogen-bond donors (Lipinski definition) is 2. The highest BCUT2D eigenvalue weighted by Gasteiger charge is 2.30. The Balaban J connectivity index is 2.70. The van der Waals surface area contributed by atoms with Gasteiger partial charge in [-0.05, 0) is 31.5 Å². The largest absolute Gasteiger partial charge is 0.356 e. The summed E-state index contributed by atoms with van der Waals surface area (Å²) in [5.74, 6) is 0.245. The van der Waals surface area contributed by atoms with Gasteiger partial charge in [0.1, 0.15) is 5.82 Å². The van der Waals surface area contributed by atoms with Gasteiger partial charge < -0.3 is 10.6 Å². The normalized spacial score (nSPS) is 13.7. The maximum absolute atomic E-state index is 13.4. The first-order chi connectivity index (χ1) is 10.9. The Morgan fingerprint density at radius 2 is 1.75 bits per heavy atom. The molecule has 2 N–H and O–H groups in total. The Hall–Kier alpha value is -1.63. The number of guanidine groups is 1. The van der Waals surface area contributed by atoms with Crippen molar-refractivity contribution in [2.45, 2.75) is 37.9 Å². The summed E-state index contributed by atoms with van der Waals surface area (Å²) in [6.45, 7) is 8.10. The predicted octanol–water partition coefficient (Wildman–Crippen LogP) is 2.09. The van der Waals surface area contributed by atoms with Crippen LogP contribution in [0.5, 0.6) is 0 Å². The topological polar surface area (TPSA) is 70.6 Å². The van der Waals surface area contributed by atoms with Crippen LogP contribution in [0.15, 0.2) is 29.3 Å². The standard InChI is InChI=1S/C17H28FN3O2S/c1-16(2,13-8-7-9-14(18)10-13)11-20-15(19-5)21-12-17(3,4)24(6,22)23/h7-10H,11-12H2,1-6H3,(H2,19,20,21). The molecule has 0 atom stereocenters. The van der Waals surface area contributed by atoms with Crippen molar-refractivity contribution >= 4 is 15.8 Å². The minimum absolute atomic E-state index is 0.242. The van der Waals surface area contributed by atoms with Gasteiger partial charge in [0.25, 0.3) is 0 Å². The van der Waals surface area contributed by atoms with Gasteiger partial charge in [-0.1, -0.05) is 26.0 Å². The van der Waals surface area contributed by atoms with Crippen LogP contribution in [-0.2, 0) is 15.3 Å². The zero-order chi connectivity index (χ0) is 18.6. The van der Waals surface area contributed by atoms with Crippen LogP contribution in [-0.4, -0.2) is 45.5 Å². The molecular formula is C17H28FN3O2S. The second-order valence-corrected chi connectivity index (χ2v) is 9.85. The summed E-state index contributed by atoms with van der Waals surface area (Å²) in [5.41, 5.74) is 0.563. The van der Waals surface area contributed by atoms with Gasteiger partial charge in [-0.15, -0.1) is 0 Å². The second kappa shape index (κ2) is 7.51. The van der Waals surface area contributed by atoms with E-state index in [-0.39, 0.29) is 17.8 Å². The fourth-order valence-electron chi connectivity index (χ4n) is 1.96. The van der Waals surface area contributed by atoms with E-state index in [1.165, 1.54) is 18.4 Å². The van der Waals surface area contributed by atoms with E-state index in [1.807, 2.05) is 19.9 Å². The third-order valence-corrected chi connectivity index (χ3v) is 6.36. The molecule has 0 aromatic heterocycles. The minimum Gasteiger partial charge on any atom is -0.356 e. The van der Waals surface area contributed by atoms with E-state index in [0.717, 1.165) is 5.56 Å². The van der Waals surface area contributed by atoms with Gasteiger partial charge in [-0.25, -0.2) is 12.8 Å². The van der Waals surface area contributed by atoms with Crippen LogP contribution >= 0.6 is 0 Å². The van der Waals surface area contributed by atoms with E-state index in [9.17, 15) is 12.8 Å². The smallest absolute Gasteiger partial charge is 0.191 e. The SMILES string of the molecule is CN=C(NCC(C)(C)c1cccc(F)c1)NCC(C)(C)S(C)(=O)=O. The van der Waals surface area contributed by atoms with Crippen LogP contribution in [0.25, 0.3) is 0 Å². The molecule has 0 heterocycles. The summed E-state index contributed by atoms with van der Waals surface area (Å²) in [5, 5.41) is 6.21. The van der Waals surface area contributed by atoms with Crippen molar-refractivity contribution in [2.75, 3.05) is 26.4 Å². The van der Waals surface area contributed by atoms with Crippen molar-refractivity contribution in [2.24, 2.45) is 4.99 Å². The molecule has 24 heavy (non-hydrogen) atoms. The number of aliphatic imine (C=N–C) groups is 1. The Bertz CT molecular complexity index is 698. The summed E-state index contributed by atoms with van der Waals surface area (Å²) in [7, 11) is -1.56. The van der Waals surface area contributed by atoms with Crippen LogP contribution < -0.4 is 10.6 Å². The number of nitrogens with one attached hydrogen (secondary N) is 2. The Labute approximate surface area is 144 Å². The highest BCUT2D eigenvalue weighted by Crippen LogP contribution is 2.22. The Kier molecular flexibility index (Phi) is 6.38. The average molecular weight is 357 g/mol. The molecule has 0 radical (unpaired) electrons. The molecule has 5 nitrogen and oxygen atoms in total. The lowest BCUT2D eigenvalue weighted by Gasteiger charge is -2.28. The summed E-state index contributed by atoms with van der Waals surface area (Å²) in [4.78, 5) is 4.11. The average Bonchev–Trinajstić information content (AvgIpc) is 2.46. The highest BCUT2D eigenvalue weighted by atomic mass is 32.2. The third kappa shape index (κ3) is 5.47. The number of hydrogen-bond acceptors (Lipinski definition) is 3. The van der Waals surface area contributed by atoms with Crippen molar-refractivity contribution in [3.8, 4) is 0 Å². The van der Waals surface area contributed by atoms with Crippen LogP contribution in [0, 0.1) is 5.82 Å². The van der Waals surface area contributed by atoms with E-state index < -0.39 is 14.6 Å². The van der Waals surface area contributed by atoms with Crippen molar-refractivity contribution in [1.29, 1.82) is 0 Å². The number of sulfone groups is 1. The number of halogens is 1. The zero-order valence-electron chi connectivity index (χ0n) is 15.3. The molecule has 1 aromatic carbocycles. The molecule has 0 aliphatic carbocycles. The fourth-order valence-corrected chi connectivity index (χ4v) is 2.30. The first-order valence-electron chi connectivity index (χ1n) is 7.79. The molecule has 0 saturated carbocycles. The molecule has 0 bridgehead atoms. The van der Waals surface area contributed by atoms with Crippen LogP contribution in [0.1, 0.15) is 33.3 Å². The Morgan fingerprint density at radius 3 is 2.25 bits per heavy atom. The van der Waals surface area contributed by atoms with Crippen LogP contribution in [0.2, 0.25) is 0 Å². The molecule has 136 valence electrons. The predicted molar refractivity (Wildman–Crippen MR) is 97.7 cm³/mol. The van der Waals surface area contributed by atoms with Gasteiger partial charge in [0, 0.05) is 31.8 Å². The van der Waals surface area contributed by atoms with Crippen molar-refractivity contribution in [1.82, 2.24) is 10.6 Å². The monoisotopic (exact) mass is 357 g/mol. The summed E-state index contributed by atoms with van der Waals surface area (Å²) >= 11 is 0. The van der Waals surface area contributed by atoms with Gasteiger partial charge in [-0.3, -0.25) is 4.99 Å². The maximum Gasteiger partial charge on any atom is 0.191 e. The van der Waals surface area contributed by atoms with E-state index in [1.54, 1.807) is 27.0 Å². The molecule has 0 unspecified atom stereocenters. The highest BCUT2D eigenvalue weighted by molar-refractivity contribution is 7.92. The molecule has 1 rings (SSSR count). The van der Waals surface area contributed by atoms with Gasteiger partial charge in [0.05, 0.1) is 4.75 Å². The van der Waals surface area contributed by atoms with Gasteiger partial charge in [-0.2, -0.15) is 0 Å². The molecule has 7 heteroatoms. The van der Waals surface area contributed by atoms with E-state index in [0.29, 0.717) is 12.5 Å². The minimum atomic E-state index is -3.18. The number of rotatable bonds is 6. The van der Waals surface area contributed by atoms with Gasteiger partial charge in [0.15, 0.2) is 15.8 Å². The quantitative estimate of drug-likeness (QED) is 0.604. The van der Waals surface area contributed by atoms with Crippen molar-refractivity contribution in [3.63, 3.8) is 0 Å². The Morgan fingerprint density at radius 1 is 1.17 bits per heavy atom. The molecule has 0 amide bonds.